The van der Waals surface area contributed by atoms with Crippen LogP contribution in [0.3, 0.4) is 0 Å². The van der Waals surface area contributed by atoms with Gasteiger partial charge in [-0.05, 0) is 73.4 Å². The number of likely N-dealkylation sites (tertiary alicyclic amines) is 1. The Morgan fingerprint density at radius 2 is 1.79 bits per heavy atom. The molecule has 3 aromatic rings. The number of pyridine rings is 1. The molecule has 1 saturated heterocycles. The maximum absolute atomic E-state index is 13.6. The maximum atomic E-state index is 13.6. The number of benzene rings is 2. The molecule has 1 N–H and O–H groups in total. The largest absolute Gasteiger partial charge is 0.372 e. The van der Waals surface area contributed by atoms with E-state index < -0.39 is 5.92 Å². The van der Waals surface area contributed by atoms with Gasteiger partial charge in [0.2, 0.25) is 0 Å². The average molecular weight is 526 g/mol. The molecule has 2 fully saturated rings. The number of nitrogens with zero attached hydrogens (tertiary/aromatic N) is 2. The van der Waals surface area contributed by atoms with Crippen molar-refractivity contribution >= 4 is 28.0 Å². The van der Waals surface area contributed by atoms with Crippen LogP contribution >= 0.6 is 0 Å². The van der Waals surface area contributed by atoms with E-state index in [1.807, 2.05) is 0 Å². The topological polar surface area (TPSA) is 28.2 Å². The van der Waals surface area contributed by atoms with Crippen molar-refractivity contribution < 1.29 is 8.78 Å². The molecule has 0 bridgehead atoms. The Labute approximate surface area is 230 Å². The number of alkyl halides is 2. The molecule has 2 aliphatic rings. The number of aromatic nitrogens is 1. The van der Waals surface area contributed by atoms with Crippen molar-refractivity contribution in [2.75, 3.05) is 18.4 Å². The summed E-state index contributed by atoms with van der Waals surface area (Å²) in [6.45, 7) is 14.2. The third-order valence-electron chi connectivity index (χ3n) is 7.90. The van der Waals surface area contributed by atoms with Gasteiger partial charge in [0.15, 0.2) is 0 Å². The summed E-state index contributed by atoms with van der Waals surface area (Å²) in [5, 5.41) is 4.50. The lowest BCUT2D eigenvalue weighted by Crippen LogP contribution is -2.17. The molecular weight excluding hydrogens is 488 g/mol. The third kappa shape index (κ3) is 5.98. The van der Waals surface area contributed by atoms with Crippen LogP contribution in [0.2, 0.25) is 0 Å². The Morgan fingerprint density at radius 3 is 2.44 bits per heavy atom. The highest BCUT2D eigenvalue weighted by Gasteiger charge is 2.23. The smallest absolute Gasteiger partial charge is 0.270 e. The van der Waals surface area contributed by atoms with Gasteiger partial charge in [-0.1, -0.05) is 67.3 Å². The summed E-state index contributed by atoms with van der Waals surface area (Å²) in [6.07, 6.45) is 10.1. The zero-order chi connectivity index (χ0) is 27.6. The summed E-state index contributed by atoms with van der Waals surface area (Å²) in [4.78, 5) is 7.34. The highest BCUT2D eigenvalue weighted by atomic mass is 19.3. The molecule has 1 saturated carbocycles. The van der Waals surface area contributed by atoms with Crippen LogP contribution in [-0.2, 0) is 12.5 Å². The second-order valence-electron chi connectivity index (χ2n) is 10.7. The fourth-order valence-electron chi connectivity index (χ4n) is 5.53. The highest BCUT2D eigenvalue weighted by molar-refractivity contribution is 5.95. The number of rotatable bonds is 8. The Bertz CT molecular complexity index is 1450. The quantitative estimate of drug-likeness (QED) is 0.318. The second-order valence-corrected chi connectivity index (χ2v) is 10.7. The van der Waals surface area contributed by atoms with Crippen molar-refractivity contribution in [3.8, 4) is 0 Å². The number of fused-ring (bicyclic) bond motifs is 1. The van der Waals surface area contributed by atoms with Crippen LogP contribution in [0.15, 0.2) is 85.0 Å². The van der Waals surface area contributed by atoms with Gasteiger partial charge in [-0.3, -0.25) is 0 Å². The number of halogens is 2. The fraction of sp³-hybridized carbons (Fsp3) is 0.324. The Kier molecular flexibility index (Phi) is 7.69. The summed E-state index contributed by atoms with van der Waals surface area (Å²) in [7, 11) is 0. The lowest BCUT2D eigenvalue weighted by molar-refractivity contribution is 0.0174. The Balaban J connectivity index is 1.49. The molecule has 0 spiro atoms. The molecule has 1 aliphatic heterocycles. The number of anilines is 1. The van der Waals surface area contributed by atoms with Crippen molar-refractivity contribution in [3.05, 3.63) is 107 Å². The lowest BCUT2D eigenvalue weighted by atomic mass is 9.97. The monoisotopic (exact) mass is 525 g/mol. The molecule has 5 heteroatoms. The fourth-order valence-corrected chi connectivity index (χ4v) is 5.53. The molecular formula is C34H37F2N3. The van der Waals surface area contributed by atoms with Crippen LogP contribution in [0.4, 0.5) is 14.6 Å². The number of hydrogen-bond donors (Lipinski definition) is 1. The van der Waals surface area contributed by atoms with Gasteiger partial charge < -0.3 is 10.2 Å². The van der Waals surface area contributed by atoms with Crippen LogP contribution in [-0.4, -0.2) is 23.0 Å². The van der Waals surface area contributed by atoms with Crippen molar-refractivity contribution in [2.24, 2.45) is 0 Å². The van der Waals surface area contributed by atoms with Crippen LogP contribution in [0, 0.1) is 0 Å². The van der Waals surface area contributed by atoms with Gasteiger partial charge in [-0.2, -0.15) is 0 Å². The van der Waals surface area contributed by atoms with E-state index in [4.69, 9.17) is 4.98 Å². The van der Waals surface area contributed by atoms with Gasteiger partial charge in [0.25, 0.3) is 5.92 Å². The zero-order valence-electron chi connectivity index (χ0n) is 23.0. The standard InChI is InChI=1S/C34H37F2N3/c1-5-26(19-27-10-8-9-23(27)2)28-13-16-30-31(24(3)39-17-6-7-18-39)21-33(38-32(30)20-28)37-22-25-11-14-29(15-12-25)34(4,35)36/h5,11-16,19-21H,2-3,6-10,17-18,22H2,1,4H3,(H,37,38)/b26-5+,27-19-. The molecule has 0 atom stereocenters. The first-order valence-electron chi connectivity index (χ1n) is 13.9. The van der Waals surface area contributed by atoms with E-state index in [0.29, 0.717) is 6.54 Å². The predicted octanol–water partition coefficient (Wildman–Crippen LogP) is 9.09. The maximum Gasteiger partial charge on any atom is 0.270 e. The first-order valence-corrected chi connectivity index (χ1v) is 13.9. The zero-order valence-corrected chi connectivity index (χ0v) is 23.0. The Morgan fingerprint density at radius 1 is 1.05 bits per heavy atom. The molecule has 1 aliphatic carbocycles. The minimum atomic E-state index is -2.85. The highest BCUT2D eigenvalue weighted by Crippen LogP contribution is 2.35. The summed E-state index contributed by atoms with van der Waals surface area (Å²) in [5.74, 6) is -2.11. The second kappa shape index (κ2) is 11.2. The first-order chi connectivity index (χ1) is 18.7. The third-order valence-corrected chi connectivity index (χ3v) is 7.90. The van der Waals surface area contributed by atoms with Gasteiger partial charge in [0.05, 0.1) is 5.52 Å². The SMILES string of the molecule is C=C1CCC/C1=C/C(=C\C)c1ccc2c(C(=C)N3CCCC3)cc(NCc3ccc(C(C)(F)F)cc3)nc2c1. The molecule has 2 heterocycles. The van der Waals surface area contributed by atoms with Gasteiger partial charge in [-0.15, -0.1) is 0 Å². The van der Waals surface area contributed by atoms with Gasteiger partial charge in [0.1, 0.15) is 5.82 Å². The van der Waals surface area contributed by atoms with Crippen molar-refractivity contribution in [2.45, 2.75) is 58.4 Å². The number of nitrogens with one attached hydrogen (secondary N) is 1. The predicted molar refractivity (Wildman–Crippen MR) is 160 cm³/mol. The number of hydrogen-bond acceptors (Lipinski definition) is 3. The molecule has 0 radical (unpaired) electrons. The van der Waals surface area contributed by atoms with Gasteiger partial charge in [0, 0.05) is 48.8 Å². The van der Waals surface area contributed by atoms with E-state index in [-0.39, 0.29) is 5.56 Å². The molecule has 3 nitrogen and oxygen atoms in total. The Hall–Kier alpha value is -3.73. The van der Waals surface area contributed by atoms with Crippen LogP contribution in [0.25, 0.3) is 22.2 Å². The molecule has 0 unspecified atom stereocenters. The molecule has 5 rings (SSSR count). The molecule has 202 valence electrons. The van der Waals surface area contributed by atoms with E-state index in [9.17, 15) is 8.78 Å². The van der Waals surface area contributed by atoms with Crippen molar-refractivity contribution in [3.63, 3.8) is 0 Å². The van der Waals surface area contributed by atoms with Crippen LogP contribution in [0.1, 0.15) is 68.2 Å². The van der Waals surface area contributed by atoms with E-state index >= 15 is 0 Å². The van der Waals surface area contributed by atoms with Crippen LogP contribution < -0.4 is 5.32 Å². The summed E-state index contributed by atoms with van der Waals surface area (Å²) >= 11 is 0. The van der Waals surface area contributed by atoms with E-state index in [1.165, 1.54) is 48.1 Å². The first kappa shape index (κ1) is 26.9. The van der Waals surface area contributed by atoms with Crippen molar-refractivity contribution in [1.29, 1.82) is 0 Å². The summed E-state index contributed by atoms with van der Waals surface area (Å²) in [6, 6.07) is 15.0. The summed E-state index contributed by atoms with van der Waals surface area (Å²) < 4.78 is 27.3. The molecule has 2 aromatic carbocycles. The van der Waals surface area contributed by atoms with Crippen molar-refractivity contribution in [1.82, 2.24) is 9.88 Å². The molecule has 39 heavy (non-hydrogen) atoms. The van der Waals surface area contributed by atoms with E-state index in [1.54, 1.807) is 12.1 Å². The molecule has 0 amide bonds. The van der Waals surface area contributed by atoms with E-state index in [2.05, 4.69) is 66.7 Å². The van der Waals surface area contributed by atoms with Crippen LogP contribution in [0.5, 0.6) is 0 Å². The van der Waals surface area contributed by atoms with Gasteiger partial charge in [-0.25, -0.2) is 13.8 Å². The number of allylic oxidation sites excluding steroid dienone is 5. The van der Waals surface area contributed by atoms with E-state index in [0.717, 1.165) is 72.0 Å². The average Bonchev–Trinajstić information content (AvgIpc) is 3.61. The lowest BCUT2D eigenvalue weighted by Gasteiger charge is -2.23. The van der Waals surface area contributed by atoms with Gasteiger partial charge >= 0.3 is 0 Å². The normalized spacial score (nSPS) is 17.4. The summed E-state index contributed by atoms with van der Waals surface area (Å²) in [5.41, 5.74) is 8.78. The molecule has 1 aromatic heterocycles. The minimum absolute atomic E-state index is 0.0164. The minimum Gasteiger partial charge on any atom is -0.372 e.